The van der Waals surface area contributed by atoms with Crippen molar-refractivity contribution in [1.29, 1.82) is 0 Å². The molecule has 16 heavy (non-hydrogen) atoms. The third kappa shape index (κ3) is 2.06. The fourth-order valence-electron chi connectivity index (χ4n) is 1.36. The average molecular weight is 218 g/mol. The lowest BCUT2D eigenvalue weighted by molar-refractivity contribution is 0.415. The summed E-state index contributed by atoms with van der Waals surface area (Å²) in [6.07, 6.45) is 1.66. The summed E-state index contributed by atoms with van der Waals surface area (Å²) in [6, 6.07) is 7.39. The van der Waals surface area contributed by atoms with Crippen LogP contribution in [-0.4, -0.2) is 12.1 Å². The summed E-state index contributed by atoms with van der Waals surface area (Å²) in [5, 5.41) is 0. The van der Waals surface area contributed by atoms with Gasteiger partial charge in [-0.25, -0.2) is 4.98 Å². The summed E-state index contributed by atoms with van der Waals surface area (Å²) in [6.45, 7) is 1.86. The fraction of sp³-hybridized carbons (Fsp3) is 0.250. The lowest BCUT2D eigenvalue weighted by Crippen LogP contribution is -2.02. The number of hydrogen-bond acceptors (Lipinski definition) is 4. The monoisotopic (exact) mass is 218 g/mol. The van der Waals surface area contributed by atoms with Crippen molar-refractivity contribution in [2.45, 2.75) is 13.0 Å². The van der Waals surface area contributed by atoms with E-state index in [2.05, 4.69) is 4.98 Å². The maximum absolute atomic E-state index is 5.70. The van der Waals surface area contributed by atoms with Crippen LogP contribution in [0.1, 0.15) is 18.7 Å². The van der Waals surface area contributed by atoms with Crippen molar-refractivity contribution in [2.75, 3.05) is 7.11 Å². The summed E-state index contributed by atoms with van der Waals surface area (Å²) >= 11 is 0. The van der Waals surface area contributed by atoms with Crippen LogP contribution in [0.15, 0.2) is 34.9 Å². The van der Waals surface area contributed by atoms with Crippen molar-refractivity contribution in [3.05, 3.63) is 36.2 Å². The van der Waals surface area contributed by atoms with Gasteiger partial charge in [0.1, 0.15) is 11.5 Å². The van der Waals surface area contributed by atoms with E-state index in [-0.39, 0.29) is 6.04 Å². The first-order chi connectivity index (χ1) is 7.70. The van der Waals surface area contributed by atoms with Gasteiger partial charge in [-0.05, 0) is 31.2 Å². The largest absolute Gasteiger partial charge is 0.497 e. The number of ether oxygens (including phenoxy) is 1. The van der Waals surface area contributed by atoms with Gasteiger partial charge < -0.3 is 14.9 Å². The first-order valence-corrected chi connectivity index (χ1v) is 5.06. The standard InChI is InChI=1S/C12H14N2O2/c1-8(13)11-7-14-12(16-11)9-3-5-10(15-2)6-4-9/h3-8H,13H2,1-2H3. The summed E-state index contributed by atoms with van der Waals surface area (Å²) < 4.78 is 10.6. The zero-order valence-corrected chi connectivity index (χ0v) is 9.31. The van der Waals surface area contributed by atoms with Crippen LogP contribution in [0.5, 0.6) is 5.75 Å². The van der Waals surface area contributed by atoms with Crippen LogP contribution in [0, 0.1) is 0 Å². The minimum absolute atomic E-state index is 0.139. The minimum atomic E-state index is -0.139. The quantitative estimate of drug-likeness (QED) is 0.859. The van der Waals surface area contributed by atoms with Crippen LogP contribution in [0.2, 0.25) is 0 Å². The number of nitrogens with two attached hydrogens (primary N) is 1. The Kier molecular flexibility index (Phi) is 2.92. The van der Waals surface area contributed by atoms with E-state index in [9.17, 15) is 0 Å². The molecular formula is C12H14N2O2. The number of hydrogen-bond donors (Lipinski definition) is 1. The highest BCUT2D eigenvalue weighted by molar-refractivity contribution is 5.54. The van der Waals surface area contributed by atoms with E-state index in [1.54, 1.807) is 13.3 Å². The Balaban J connectivity index is 2.28. The predicted molar refractivity (Wildman–Crippen MR) is 61.1 cm³/mol. The van der Waals surface area contributed by atoms with Crippen molar-refractivity contribution in [3.8, 4) is 17.2 Å². The lowest BCUT2D eigenvalue weighted by atomic mass is 10.2. The predicted octanol–water partition coefficient (Wildman–Crippen LogP) is 2.37. The first kappa shape index (κ1) is 10.7. The van der Waals surface area contributed by atoms with Gasteiger partial charge in [-0.2, -0.15) is 0 Å². The van der Waals surface area contributed by atoms with Crippen LogP contribution in [0.4, 0.5) is 0 Å². The van der Waals surface area contributed by atoms with Gasteiger partial charge in [0.15, 0.2) is 0 Å². The smallest absolute Gasteiger partial charge is 0.226 e. The summed E-state index contributed by atoms with van der Waals surface area (Å²) in [5.74, 6) is 2.07. The third-order valence-electron chi connectivity index (χ3n) is 2.31. The van der Waals surface area contributed by atoms with Gasteiger partial charge in [-0.15, -0.1) is 0 Å². The van der Waals surface area contributed by atoms with E-state index in [1.165, 1.54) is 0 Å². The van der Waals surface area contributed by atoms with Gasteiger partial charge in [0.25, 0.3) is 0 Å². The molecule has 4 heteroatoms. The van der Waals surface area contributed by atoms with Crippen LogP contribution in [-0.2, 0) is 0 Å². The molecule has 4 nitrogen and oxygen atoms in total. The molecule has 2 N–H and O–H groups in total. The highest BCUT2D eigenvalue weighted by Gasteiger charge is 2.09. The van der Waals surface area contributed by atoms with Crippen molar-refractivity contribution >= 4 is 0 Å². The number of rotatable bonds is 3. The molecule has 2 aromatic rings. The second kappa shape index (κ2) is 4.37. The topological polar surface area (TPSA) is 61.3 Å². The van der Waals surface area contributed by atoms with E-state index >= 15 is 0 Å². The Morgan fingerprint density at radius 1 is 1.31 bits per heavy atom. The molecule has 0 spiro atoms. The van der Waals surface area contributed by atoms with Crippen LogP contribution >= 0.6 is 0 Å². The Bertz CT molecular complexity index is 460. The van der Waals surface area contributed by atoms with E-state index in [1.807, 2.05) is 31.2 Å². The average Bonchev–Trinajstić information content (AvgIpc) is 2.78. The molecule has 0 aliphatic heterocycles. The minimum Gasteiger partial charge on any atom is -0.497 e. The SMILES string of the molecule is COc1ccc(-c2ncc(C(C)N)o2)cc1. The molecule has 0 radical (unpaired) electrons. The number of benzene rings is 1. The van der Waals surface area contributed by atoms with Crippen LogP contribution < -0.4 is 10.5 Å². The first-order valence-electron chi connectivity index (χ1n) is 5.06. The molecule has 0 aliphatic carbocycles. The Morgan fingerprint density at radius 2 is 2.00 bits per heavy atom. The highest BCUT2D eigenvalue weighted by atomic mass is 16.5. The lowest BCUT2D eigenvalue weighted by Gasteiger charge is -2.00. The van der Waals surface area contributed by atoms with Gasteiger partial charge in [0.05, 0.1) is 19.3 Å². The van der Waals surface area contributed by atoms with E-state index < -0.39 is 0 Å². The molecule has 1 aromatic carbocycles. The van der Waals surface area contributed by atoms with Crippen molar-refractivity contribution in [3.63, 3.8) is 0 Å². The molecule has 2 rings (SSSR count). The molecule has 84 valence electrons. The molecule has 1 aromatic heterocycles. The molecule has 0 saturated heterocycles. The van der Waals surface area contributed by atoms with Gasteiger partial charge in [0.2, 0.25) is 5.89 Å². The summed E-state index contributed by atoms with van der Waals surface area (Å²) in [4.78, 5) is 4.18. The van der Waals surface area contributed by atoms with E-state index in [4.69, 9.17) is 14.9 Å². The van der Waals surface area contributed by atoms with Gasteiger partial charge in [-0.3, -0.25) is 0 Å². The van der Waals surface area contributed by atoms with Gasteiger partial charge >= 0.3 is 0 Å². The normalized spacial score (nSPS) is 12.4. The van der Waals surface area contributed by atoms with Crippen molar-refractivity contribution in [2.24, 2.45) is 5.73 Å². The Labute approximate surface area is 94.1 Å². The number of methoxy groups -OCH3 is 1. The van der Waals surface area contributed by atoms with E-state index in [0.717, 1.165) is 11.3 Å². The molecule has 1 unspecified atom stereocenters. The molecule has 0 bridgehead atoms. The fourth-order valence-corrected chi connectivity index (χ4v) is 1.36. The maximum Gasteiger partial charge on any atom is 0.226 e. The van der Waals surface area contributed by atoms with Gasteiger partial charge in [0, 0.05) is 5.56 Å². The Hall–Kier alpha value is -1.81. The second-order valence-electron chi connectivity index (χ2n) is 3.58. The molecule has 1 heterocycles. The number of aromatic nitrogens is 1. The molecule has 1 atom stereocenters. The highest BCUT2D eigenvalue weighted by Crippen LogP contribution is 2.23. The van der Waals surface area contributed by atoms with Crippen LogP contribution in [0.3, 0.4) is 0 Å². The summed E-state index contributed by atoms with van der Waals surface area (Å²) in [5.41, 5.74) is 6.61. The molecular weight excluding hydrogens is 204 g/mol. The van der Waals surface area contributed by atoms with Crippen LogP contribution in [0.25, 0.3) is 11.5 Å². The second-order valence-corrected chi connectivity index (χ2v) is 3.58. The molecule has 0 fully saturated rings. The molecule has 0 amide bonds. The number of nitrogens with zero attached hydrogens (tertiary/aromatic N) is 1. The molecule has 0 aliphatic rings. The zero-order chi connectivity index (χ0) is 11.5. The van der Waals surface area contributed by atoms with Crippen molar-refractivity contribution < 1.29 is 9.15 Å². The third-order valence-corrected chi connectivity index (χ3v) is 2.31. The van der Waals surface area contributed by atoms with Gasteiger partial charge in [-0.1, -0.05) is 0 Å². The van der Waals surface area contributed by atoms with Crippen molar-refractivity contribution in [1.82, 2.24) is 4.98 Å². The maximum atomic E-state index is 5.70. The Morgan fingerprint density at radius 3 is 2.50 bits per heavy atom. The zero-order valence-electron chi connectivity index (χ0n) is 9.31. The summed E-state index contributed by atoms with van der Waals surface area (Å²) in [7, 11) is 1.63. The number of oxazole rings is 1. The van der Waals surface area contributed by atoms with E-state index in [0.29, 0.717) is 11.7 Å². The molecule has 0 saturated carbocycles.